The van der Waals surface area contributed by atoms with Crippen LogP contribution in [0.5, 0.6) is 0 Å². The molecule has 1 aromatic carbocycles. The number of nitrogens with zero attached hydrogens (tertiary/aromatic N) is 1. The fourth-order valence-corrected chi connectivity index (χ4v) is 1.80. The van der Waals surface area contributed by atoms with Gasteiger partial charge in [0.05, 0.1) is 4.75 Å². The fourth-order valence-electron chi connectivity index (χ4n) is 0.854. The van der Waals surface area contributed by atoms with E-state index in [2.05, 4.69) is 20.3 Å². The predicted molar refractivity (Wildman–Crippen MR) is 69.6 cm³/mol. The van der Waals surface area contributed by atoms with Gasteiger partial charge >= 0.3 is 0 Å². The maximum atomic E-state index is 11.6. The third kappa shape index (κ3) is 4.26. The smallest absolute Gasteiger partial charge is 0.144 e. The van der Waals surface area contributed by atoms with Crippen LogP contribution in [0, 0.1) is 0 Å². The number of hydrogen-bond acceptors (Lipinski definition) is 1. The Balaban J connectivity index is 2.79. The molecule has 1 rings (SSSR count). The summed E-state index contributed by atoms with van der Waals surface area (Å²) >= 11 is 3.37. The molecule has 15 heavy (non-hydrogen) atoms. The summed E-state index contributed by atoms with van der Waals surface area (Å²) in [6, 6.07) is 7.72. The molecule has 4 heteroatoms. The first kappa shape index (κ1) is 12.6. The Morgan fingerprint density at radius 2 is 2.07 bits per heavy atom. The second-order valence-electron chi connectivity index (χ2n) is 4.15. The first-order valence-corrected chi connectivity index (χ1v) is 6.51. The van der Waals surface area contributed by atoms with Crippen LogP contribution in [0.15, 0.2) is 33.1 Å². The highest BCUT2D eigenvalue weighted by atomic mass is 79.9. The van der Waals surface area contributed by atoms with Crippen LogP contribution in [0.25, 0.3) is 0 Å². The average molecular weight is 288 g/mol. The van der Waals surface area contributed by atoms with E-state index in [9.17, 15) is 4.21 Å². The molecule has 82 valence electrons. The van der Waals surface area contributed by atoms with Crippen molar-refractivity contribution in [2.75, 3.05) is 0 Å². The van der Waals surface area contributed by atoms with Crippen LogP contribution in [-0.4, -0.2) is 15.2 Å². The van der Waals surface area contributed by atoms with E-state index >= 15 is 0 Å². The van der Waals surface area contributed by atoms with Crippen molar-refractivity contribution in [1.82, 2.24) is 0 Å². The second-order valence-corrected chi connectivity index (χ2v) is 7.00. The molecule has 0 saturated heterocycles. The Kier molecular flexibility index (Phi) is 4.22. The van der Waals surface area contributed by atoms with Gasteiger partial charge in [0.25, 0.3) is 0 Å². The minimum absolute atomic E-state index is 0.303. The van der Waals surface area contributed by atoms with Gasteiger partial charge in [-0.1, -0.05) is 28.1 Å². The molecule has 0 aliphatic carbocycles. The third-order valence-electron chi connectivity index (χ3n) is 1.67. The highest BCUT2D eigenvalue weighted by Crippen LogP contribution is 2.13. The Bertz CT molecular complexity index is 396. The Hall–Kier alpha value is -0.480. The topological polar surface area (TPSA) is 29.4 Å². The molecule has 0 aliphatic heterocycles. The van der Waals surface area contributed by atoms with Crippen LogP contribution in [0.2, 0.25) is 0 Å². The molecule has 0 spiro atoms. The molecule has 0 radical (unpaired) electrons. The third-order valence-corrected chi connectivity index (χ3v) is 3.51. The van der Waals surface area contributed by atoms with Crippen LogP contribution < -0.4 is 0 Å². The molecular weight excluding hydrogens is 274 g/mol. The van der Waals surface area contributed by atoms with Gasteiger partial charge in [-0.25, -0.2) is 4.21 Å². The van der Waals surface area contributed by atoms with E-state index in [1.807, 2.05) is 45.0 Å². The summed E-state index contributed by atoms with van der Waals surface area (Å²) in [5.41, 5.74) is 0.946. The summed E-state index contributed by atoms with van der Waals surface area (Å²) in [7, 11) is -1.19. The van der Waals surface area contributed by atoms with Crippen LogP contribution in [0.1, 0.15) is 26.3 Å². The molecule has 0 bridgehead atoms. The van der Waals surface area contributed by atoms with Gasteiger partial charge in [-0.15, -0.1) is 0 Å². The lowest BCUT2D eigenvalue weighted by Crippen LogP contribution is -2.19. The first-order valence-electron chi connectivity index (χ1n) is 4.61. The van der Waals surface area contributed by atoms with E-state index in [0.717, 1.165) is 10.0 Å². The van der Waals surface area contributed by atoms with Crippen molar-refractivity contribution in [3.05, 3.63) is 34.3 Å². The lowest BCUT2D eigenvalue weighted by molar-refractivity contribution is 0.651. The van der Waals surface area contributed by atoms with Gasteiger partial charge < -0.3 is 0 Å². The van der Waals surface area contributed by atoms with Crippen molar-refractivity contribution in [2.45, 2.75) is 25.5 Å². The zero-order chi connectivity index (χ0) is 11.5. The molecule has 1 atom stereocenters. The highest BCUT2D eigenvalue weighted by molar-refractivity contribution is 9.10. The van der Waals surface area contributed by atoms with Crippen LogP contribution >= 0.6 is 15.9 Å². The standard InChI is InChI=1S/C11H14BrNOS/c1-11(2,3)15(14)13-8-9-5-4-6-10(12)7-9/h4-8H,1-3H3/b13-8+/t15-/m0/s1. The van der Waals surface area contributed by atoms with Gasteiger partial charge in [-0.05, 0) is 38.5 Å². The van der Waals surface area contributed by atoms with Gasteiger partial charge in [-0.2, -0.15) is 4.40 Å². The zero-order valence-electron chi connectivity index (χ0n) is 9.03. The van der Waals surface area contributed by atoms with Crippen molar-refractivity contribution in [2.24, 2.45) is 4.40 Å². The number of benzene rings is 1. The zero-order valence-corrected chi connectivity index (χ0v) is 11.4. The van der Waals surface area contributed by atoms with Gasteiger partial charge in [0.15, 0.2) is 0 Å². The van der Waals surface area contributed by atoms with Crippen molar-refractivity contribution in [3.63, 3.8) is 0 Å². The summed E-state index contributed by atoms with van der Waals surface area (Å²) in [6.07, 6.45) is 1.64. The Morgan fingerprint density at radius 1 is 1.40 bits per heavy atom. The molecule has 1 aromatic rings. The fraction of sp³-hybridized carbons (Fsp3) is 0.364. The van der Waals surface area contributed by atoms with Gasteiger partial charge in [0, 0.05) is 10.7 Å². The Labute approximate surface area is 102 Å². The van der Waals surface area contributed by atoms with Gasteiger partial charge in [0.1, 0.15) is 11.0 Å². The highest BCUT2D eigenvalue weighted by Gasteiger charge is 2.17. The molecule has 0 N–H and O–H groups in total. The molecule has 0 heterocycles. The maximum Gasteiger partial charge on any atom is 0.144 e. The summed E-state index contributed by atoms with van der Waals surface area (Å²) < 4.78 is 16.3. The molecule has 2 nitrogen and oxygen atoms in total. The van der Waals surface area contributed by atoms with E-state index in [1.54, 1.807) is 6.21 Å². The monoisotopic (exact) mass is 287 g/mol. The summed E-state index contributed by atoms with van der Waals surface area (Å²) in [5, 5.41) is 0. The van der Waals surface area contributed by atoms with Crippen molar-refractivity contribution >= 4 is 33.1 Å². The van der Waals surface area contributed by atoms with Crippen molar-refractivity contribution in [3.8, 4) is 0 Å². The summed E-state index contributed by atoms with van der Waals surface area (Å²) in [6.45, 7) is 5.71. The van der Waals surface area contributed by atoms with E-state index in [-0.39, 0.29) is 4.75 Å². The van der Waals surface area contributed by atoms with Gasteiger partial charge in [-0.3, -0.25) is 0 Å². The quantitative estimate of drug-likeness (QED) is 0.767. The van der Waals surface area contributed by atoms with E-state index in [1.165, 1.54) is 0 Å². The average Bonchev–Trinajstić information content (AvgIpc) is 2.12. The molecule has 0 unspecified atom stereocenters. The van der Waals surface area contributed by atoms with E-state index in [0.29, 0.717) is 0 Å². The minimum Gasteiger partial charge on any atom is -0.234 e. The predicted octanol–water partition coefficient (Wildman–Crippen LogP) is 3.33. The number of hydrogen-bond donors (Lipinski definition) is 0. The molecule has 0 saturated carbocycles. The second kappa shape index (κ2) is 5.03. The van der Waals surface area contributed by atoms with Crippen molar-refractivity contribution in [1.29, 1.82) is 0 Å². The van der Waals surface area contributed by atoms with Crippen molar-refractivity contribution < 1.29 is 4.21 Å². The molecule has 0 amide bonds. The normalized spacial score (nSPS) is 14.4. The first-order chi connectivity index (χ1) is 6.89. The molecule has 0 aliphatic rings. The lowest BCUT2D eigenvalue weighted by atomic mass is 10.2. The molecule has 0 aromatic heterocycles. The van der Waals surface area contributed by atoms with E-state index in [4.69, 9.17) is 0 Å². The largest absolute Gasteiger partial charge is 0.234 e. The number of rotatable bonds is 2. The van der Waals surface area contributed by atoms with Crippen LogP contribution in [0.4, 0.5) is 0 Å². The lowest BCUT2D eigenvalue weighted by Gasteiger charge is -2.12. The molecule has 0 fully saturated rings. The minimum atomic E-state index is -1.19. The summed E-state index contributed by atoms with van der Waals surface area (Å²) in [4.78, 5) is 0. The molecular formula is C11H14BrNOS. The summed E-state index contributed by atoms with van der Waals surface area (Å²) in [5.74, 6) is 0. The maximum absolute atomic E-state index is 11.6. The van der Waals surface area contributed by atoms with Crippen LogP contribution in [0.3, 0.4) is 0 Å². The Morgan fingerprint density at radius 3 is 2.60 bits per heavy atom. The van der Waals surface area contributed by atoms with Crippen LogP contribution in [-0.2, 0) is 11.0 Å². The number of halogens is 1. The SMILES string of the molecule is CC(C)(C)[S@](=O)/N=C/c1cccc(Br)c1. The van der Waals surface area contributed by atoms with Gasteiger partial charge in [0.2, 0.25) is 0 Å². The van der Waals surface area contributed by atoms with E-state index < -0.39 is 11.0 Å².